The molecule has 0 spiro atoms. The third-order valence-electron chi connectivity index (χ3n) is 5.10. The molecule has 0 aliphatic carbocycles. The van der Waals surface area contributed by atoms with Crippen LogP contribution in [-0.2, 0) is 16.0 Å². The first-order chi connectivity index (χ1) is 12.0. The molecule has 1 aliphatic rings. The summed E-state index contributed by atoms with van der Waals surface area (Å²) < 4.78 is 2.07. The summed E-state index contributed by atoms with van der Waals surface area (Å²) in [7, 11) is 0. The molecule has 1 atom stereocenters. The van der Waals surface area contributed by atoms with Gasteiger partial charge in [-0.3, -0.25) is 9.59 Å². The molecule has 6 heteroatoms. The molecular weight excluding hydrogens is 316 g/mol. The fourth-order valence-corrected chi connectivity index (χ4v) is 3.69. The number of carbonyl (C=O) groups excluding carboxylic acids is 2. The number of fused-ring (bicyclic) bond motifs is 1. The molecule has 0 radical (unpaired) electrons. The Hall–Kier alpha value is -2.37. The number of benzene rings is 1. The minimum Gasteiger partial charge on any atom is -0.369 e. The summed E-state index contributed by atoms with van der Waals surface area (Å²) in [5.74, 6) is 0.676. The van der Waals surface area contributed by atoms with Crippen molar-refractivity contribution in [3.05, 3.63) is 30.1 Å². The van der Waals surface area contributed by atoms with E-state index in [9.17, 15) is 9.59 Å². The number of rotatable bonds is 5. The Morgan fingerprint density at radius 3 is 2.60 bits per heavy atom. The first kappa shape index (κ1) is 17.5. The van der Waals surface area contributed by atoms with Crippen LogP contribution in [0.1, 0.15) is 45.0 Å². The van der Waals surface area contributed by atoms with Gasteiger partial charge in [0.2, 0.25) is 11.8 Å². The molecule has 0 bridgehead atoms. The molecule has 2 aromatic rings. The highest BCUT2D eigenvalue weighted by atomic mass is 16.2. The predicted octanol–water partition coefficient (Wildman–Crippen LogP) is 2.27. The maximum Gasteiger partial charge on any atom is 0.245 e. The van der Waals surface area contributed by atoms with Crippen molar-refractivity contribution in [3.63, 3.8) is 0 Å². The van der Waals surface area contributed by atoms with E-state index in [2.05, 4.69) is 11.5 Å². The van der Waals surface area contributed by atoms with Crippen molar-refractivity contribution in [1.29, 1.82) is 0 Å². The van der Waals surface area contributed by atoms with Crippen molar-refractivity contribution >= 4 is 22.8 Å². The second-order valence-corrected chi connectivity index (χ2v) is 6.81. The third-order valence-corrected chi connectivity index (χ3v) is 5.10. The topological polar surface area (TPSA) is 81.2 Å². The molecule has 2 amide bonds. The van der Waals surface area contributed by atoms with E-state index in [0.717, 1.165) is 29.7 Å². The van der Waals surface area contributed by atoms with Gasteiger partial charge in [0.15, 0.2) is 0 Å². The number of imidazole rings is 1. The van der Waals surface area contributed by atoms with Crippen LogP contribution in [0, 0.1) is 5.92 Å². The number of hydrogen-bond acceptors (Lipinski definition) is 3. The number of aryl methyl sites for hydroxylation is 1. The zero-order valence-electron chi connectivity index (χ0n) is 14.9. The minimum absolute atomic E-state index is 0.0865. The first-order valence-corrected chi connectivity index (χ1v) is 9.06. The molecule has 1 saturated heterocycles. The van der Waals surface area contributed by atoms with Crippen LogP contribution < -0.4 is 5.73 Å². The molecule has 25 heavy (non-hydrogen) atoms. The van der Waals surface area contributed by atoms with Gasteiger partial charge in [-0.05, 0) is 38.3 Å². The number of hydrogen-bond donors (Lipinski definition) is 1. The van der Waals surface area contributed by atoms with Gasteiger partial charge in [0, 0.05) is 25.4 Å². The summed E-state index contributed by atoms with van der Waals surface area (Å²) in [6.45, 7) is 5.24. The largest absolute Gasteiger partial charge is 0.369 e. The Morgan fingerprint density at radius 1 is 1.28 bits per heavy atom. The smallest absolute Gasteiger partial charge is 0.245 e. The van der Waals surface area contributed by atoms with Crippen LogP contribution in [0.3, 0.4) is 0 Å². The average molecular weight is 342 g/mol. The number of piperidine rings is 1. The van der Waals surface area contributed by atoms with E-state index in [0.29, 0.717) is 25.9 Å². The quantitative estimate of drug-likeness (QED) is 0.905. The Balaban J connectivity index is 1.84. The summed E-state index contributed by atoms with van der Waals surface area (Å²) in [5, 5.41) is 0. The van der Waals surface area contributed by atoms with Crippen LogP contribution in [0.5, 0.6) is 0 Å². The summed E-state index contributed by atoms with van der Waals surface area (Å²) in [6.07, 6.45) is 3.13. The summed E-state index contributed by atoms with van der Waals surface area (Å²) in [5.41, 5.74) is 7.31. The lowest BCUT2D eigenvalue weighted by atomic mass is 9.96. The highest BCUT2D eigenvalue weighted by Gasteiger charge is 2.30. The maximum atomic E-state index is 13.0. The van der Waals surface area contributed by atoms with Crippen molar-refractivity contribution in [1.82, 2.24) is 14.5 Å². The summed E-state index contributed by atoms with van der Waals surface area (Å²) in [6, 6.07) is 7.65. The fourth-order valence-electron chi connectivity index (χ4n) is 3.69. The molecule has 1 aromatic carbocycles. The van der Waals surface area contributed by atoms with E-state index in [1.54, 1.807) is 0 Å². The van der Waals surface area contributed by atoms with Gasteiger partial charge in [0.1, 0.15) is 11.9 Å². The number of aromatic nitrogens is 2. The monoisotopic (exact) mass is 342 g/mol. The molecule has 2 heterocycles. The van der Waals surface area contributed by atoms with Gasteiger partial charge in [0.05, 0.1) is 11.0 Å². The number of amides is 2. The molecule has 134 valence electrons. The van der Waals surface area contributed by atoms with Gasteiger partial charge in [-0.2, -0.15) is 0 Å². The second-order valence-electron chi connectivity index (χ2n) is 6.81. The Labute approximate surface area is 148 Å². The molecule has 0 unspecified atom stereocenters. The van der Waals surface area contributed by atoms with E-state index in [1.807, 2.05) is 36.1 Å². The second kappa shape index (κ2) is 7.25. The van der Waals surface area contributed by atoms with Crippen LogP contribution >= 0.6 is 0 Å². The molecule has 0 saturated carbocycles. The van der Waals surface area contributed by atoms with Gasteiger partial charge in [-0.15, -0.1) is 0 Å². The van der Waals surface area contributed by atoms with Crippen LogP contribution in [0.4, 0.5) is 0 Å². The molecule has 1 fully saturated rings. The van der Waals surface area contributed by atoms with Gasteiger partial charge in [0.25, 0.3) is 0 Å². The highest BCUT2D eigenvalue weighted by Crippen LogP contribution is 2.25. The normalized spacial score (nSPS) is 17.0. The molecule has 2 N–H and O–H groups in total. The van der Waals surface area contributed by atoms with E-state index in [1.165, 1.54) is 0 Å². The SMILES string of the molecule is CCCc1nc2ccccc2n1[C@H](C)C(=O)N1CCC(C(N)=O)CC1. The molecule has 3 rings (SSSR count). The fraction of sp³-hybridized carbons (Fsp3) is 0.526. The number of para-hydroxylation sites is 2. The first-order valence-electron chi connectivity index (χ1n) is 9.06. The number of nitrogens with zero attached hydrogens (tertiary/aromatic N) is 3. The zero-order chi connectivity index (χ0) is 18.0. The highest BCUT2D eigenvalue weighted by molar-refractivity contribution is 5.84. The standard InChI is InChI=1S/C19H26N4O2/c1-3-6-17-21-15-7-4-5-8-16(15)23(17)13(2)19(25)22-11-9-14(10-12-22)18(20)24/h4-5,7-8,13-14H,3,6,9-12H2,1-2H3,(H2,20,24)/t13-/m1/s1. The number of primary amides is 1. The van der Waals surface area contributed by atoms with Crippen molar-refractivity contribution in [2.24, 2.45) is 11.7 Å². The Bertz CT molecular complexity index is 775. The number of carbonyl (C=O) groups is 2. The average Bonchev–Trinajstić information content (AvgIpc) is 2.99. The lowest BCUT2D eigenvalue weighted by molar-refractivity contribution is -0.137. The third kappa shape index (κ3) is 3.38. The number of likely N-dealkylation sites (tertiary alicyclic amines) is 1. The van der Waals surface area contributed by atoms with Gasteiger partial charge < -0.3 is 15.2 Å². The van der Waals surface area contributed by atoms with Crippen molar-refractivity contribution in [3.8, 4) is 0 Å². The Morgan fingerprint density at radius 2 is 1.96 bits per heavy atom. The van der Waals surface area contributed by atoms with Gasteiger partial charge in [-0.25, -0.2) is 4.98 Å². The van der Waals surface area contributed by atoms with Crippen LogP contribution in [-0.4, -0.2) is 39.4 Å². The molecule has 1 aromatic heterocycles. The minimum atomic E-state index is -0.306. The lowest BCUT2D eigenvalue weighted by Crippen LogP contribution is -2.44. The van der Waals surface area contributed by atoms with Gasteiger partial charge >= 0.3 is 0 Å². The van der Waals surface area contributed by atoms with Crippen molar-refractivity contribution in [2.45, 2.75) is 45.6 Å². The van der Waals surface area contributed by atoms with Crippen LogP contribution in [0.25, 0.3) is 11.0 Å². The van der Waals surface area contributed by atoms with E-state index < -0.39 is 0 Å². The predicted molar refractivity (Wildman–Crippen MR) is 96.9 cm³/mol. The van der Waals surface area contributed by atoms with Crippen LogP contribution in [0.15, 0.2) is 24.3 Å². The Kier molecular flexibility index (Phi) is 5.06. The van der Waals surface area contributed by atoms with E-state index in [-0.39, 0.29) is 23.8 Å². The van der Waals surface area contributed by atoms with E-state index in [4.69, 9.17) is 10.7 Å². The molecular formula is C19H26N4O2. The van der Waals surface area contributed by atoms with Crippen LogP contribution in [0.2, 0.25) is 0 Å². The molecule has 1 aliphatic heterocycles. The van der Waals surface area contributed by atoms with Crippen molar-refractivity contribution < 1.29 is 9.59 Å². The van der Waals surface area contributed by atoms with E-state index >= 15 is 0 Å². The summed E-state index contributed by atoms with van der Waals surface area (Å²) in [4.78, 5) is 30.9. The molecule has 6 nitrogen and oxygen atoms in total. The van der Waals surface area contributed by atoms with Gasteiger partial charge in [-0.1, -0.05) is 19.1 Å². The maximum absolute atomic E-state index is 13.0. The van der Waals surface area contributed by atoms with Crippen molar-refractivity contribution in [2.75, 3.05) is 13.1 Å². The zero-order valence-corrected chi connectivity index (χ0v) is 14.9. The summed E-state index contributed by atoms with van der Waals surface area (Å²) >= 11 is 0. The number of nitrogens with two attached hydrogens (primary N) is 1. The lowest BCUT2D eigenvalue weighted by Gasteiger charge is -2.33.